The molecule has 0 saturated carbocycles. The summed E-state index contributed by atoms with van der Waals surface area (Å²) in [5.41, 5.74) is 0.455. The zero-order valence-electron chi connectivity index (χ0n) is 13.2. The van der Waals surface area contributed by atoms with Crippen LogP contribution < -0.4 is 5.32 Å². The predicted octanol–water partition coefficient (Wildman–Crippen LogP) is 3.05. The molecule has 2 amide bonds. The number of nitrogens with one attached hydrogen (secondary N) is 1. The van der Waals surface area contributed by atoms with Crippen molar-refractivity contribution < 1.29 is 13.9 Å². The number of ether oxygens (including phenoxy) is 1. The number of hydrogen-bond acceptors (Lipinski definition) is 3. The molecule has 122 valence electrons. The molecule has 0 spiro atoms. The maximum Gasteiger partial charge on any atom is 0.317 e. The molecule has 22 heavy (non-hydrogen) atoms. The lowest BCUT2D eigenvalue weighted by molar-refractivity contribution is 0.0706. The Morgan fingerprint density at radius 3 is 2.82 bits per heavy atom. The van der Waals surface area contributed by atoms with E-state index in [-0.39, 0.29) is 23.9 Å². The second kappa shape index (κ2) is 7.83. The fourth-order valence-electron chi connectivity index (χ4n) is 2.67. The van der Waals surface area contributed by atoms with Gasteiger partial charge in [0, 0.05) is 31.5 Å². The molecule has 0 bridgehead atoms. The van der Waals surface area contributed by atoms with Crippen molar-refractivity contribution in [1.82, 2.24) is 10.2 Å². The first-order chi connectivity index (χ1) is 10.5. The smallest absolute Gasteiger partial charge is 0.317 e. The zero-order chi connectivity index (χ0) is 16.1. The number of rotatable bonds is 5. The van der Waals surface area contributed by atoms with Gasteiger partial charge in [-0.3, -0.25) is 0 Å². The van der Waals surface area contributed by atoms with E-state index in [1.54, 1.807) is 23.1 Å². The summed E-state index contributed by atoms with van der Waals surface area (Å²) in [6.07, 6.45) is 0.501. The van der Waals surface area contributed by atoms with Gasteiger partial charge in [0.25, 0.3) is 0 Å². The van der Waals surface area contributed by atoms with Crippen LogP contribution in [0.25, 0.3) is 0 Å². The molecule has 0 radical (unpaired) electrons. The lowest BCUT2D eigenvalue weighted by Gasteiger charge is -2.29. The van der Waals surface area contributed by atoms with Crippen molar-refractivity contribution in [3.63, 3.8) is 0 Å². The van der Waals surface area contributed by atoms with Gasteiger partial charge < -0.3 is 15.0 Å². The molecule has 0 aliphatic carbocycles. The van der Waals surface area contributed by atoms with Crippen molar-refractivity contribution in [1.29, 1.82) is 0 Å². The van der Waals surface area contributed by atoms with E-state index in [1.165, 1.54) is 13.2 Å². The van der Waals surface area contributed by atoms with Crippen molar-refractivity contribution >= 4 is 17.8 Å². The third-order valence-electron chi connectivity index (χ3n) is 4.04. The van der Waals surface area contributed by atoms with E-state index in [1.807, 2.05) is 25.7 Å². The molecule has 4 nitrogen and oxygen atoms in total. The van der Waals surface area contributed by atoms with Crippen LogP contribution in [0.1, 0.15) is 25.0 Å². The number of thioether (sulfide) groups is 1. The molecule has 1 aliphatic rings. The minimum Gasteiger partial charge on any atom is -0.375 e. The van der Waals surface area contributed by atoms with Crippen LogP contribution in [0.3, 0.4) is 0 Å². The standard InChI is InChI=1S/C16H23FN2O2S/c1-11(15(21-3)13-6-4-5-7-14(13)17)18-16(20)19(2)12-8-9-22-10-12/h4-7,11-12,15H,8-10H2,1-3H3,(H,18,20)/t11-,12-,15-/m0/s1. The summed E-state index contributed by atoms with van der Waals surface area (Å²) >= 11 is 1.86. The summed E-state index contributed by atoms with van der Waals surface area (Å²) in [7, 11) is 3.33. The molecule has 1 fully saturated rings. The van der Waals surface area contributed by atoms with Crippen LogP contribution in [-0.2, 0) is 4.74 Å². The van der Waals surface area contributed by atoms with E-state index < -0.39 is 6.10 Å². The minimum atomic E-state index is -0.517. The summed E-state index contributed by atoms with van der Waals surface area (Å²) in [5, 5.41) is 2.92. The van der Waals surface area contributed by atoms with Gasteiger partial charge in [0.15, 0.2) is 0 Å². The van der Waals surface area contributed by atoms with Gasteiger partial charge in [-0.1, -0.05) is 18.2 Å². The maximum absolute atomic E-state index is 13.9. The fraction of sp³-hybridized carbons (Fsp3) is 0.562. The molecule has 1 aliphatic heterocycles. The Kier molecular flexibility index (Phi) is 6.08. The third-order valence-corrected chi connectivity index (χ3v) is 5.19. The van der Waals surface area contributed by atoms with Gasteiger partial charge in [0.2, 0.25) is 0 Å². The number of nitrogens with zero attached hydrogens (tertiary/aromatic N) is 1. The molecule has 0 unspecified atom stereocenters. The monoisotopic (exact) mass is 326 g/mol. The number of hydrogen-bond donors (Lipinski definition) is 1. The number of urea groups is 1. The first-order valence-electron chi connectivity index (χ1n) is 7.43. The Morgan fingerprint density at radius 1 is 1.50 bits per heavy atom. The highest BCUT2D eigenvalue weighted by molar-refractivity contribution is 7.99. The molecule has 1 heterocycles. The first-order valence-corrected chi connectivity index (χ1v) is 8.58. The van der Waals surface area contributed by atoms with Gasteiger partial charge in [0.1, 0.15) is 11.9 Å². The average Bonchev–Trinajstić information content (AvgIpc) is 3.03. The Labute approximate surface area is 135 Å². The molecule has 1 aromatic carbocycles. The number of carbonyl (C=O) groups excluding carboxylic acids is 1. The van der Waals surface area contributed by atoms with Crippen LogP contribution in [0, 0.1) is 5.82 Å². The van der Waals surface area contributed by atoms with E-state index in [9.17, 15) is 9.18 Å². The van der Waals surface area contributed by atoms with Crippen molar-refractivity contribution in [3.8, 4) is 0 Å². The van der Waals surface area contributed by atoms with Crippen LogP contribution in [0.4, 0.5) is 9.18 Å². The predicted molar refractivity (Wildman–Crippen MR) is 87.6 cm³/mol. The van der Waals surface area contributed by atoms with E-state index in [0.29, 0.717) is 5.56 Å². The van der Waals surface area contributed by atoms with Crippen LogP contribution in [0.15, 0.2) is 24.3 Å². The summed E-state index contributed by atoms with van der Waals surface area (Å²) in [6, 6.07) is 6.29. The topological polar surface area (TPSA) is 41.6 Å². The van der Waals surface area contributed by atoms with Crippen molar-refractivity contribution in [2.45, 2.75) is 31.5 Å². The third kappa shape index (κ3) is 3.93. The summed E-state index contributed by atoms with van der Waals surface area (Å²) in [6.45, 7) is 1.83. The number of amides is 2. The molecular weight excluding hydrogens is 303 g/mol. The van der Waals surface area contributed by atoms with E-state index in [4.69, 9.17) is 4.74 Å². The zero-order valence-corrected chi connectivity index (χ0v) is 14.0. The van der Waals surface area contributed by atoms with Crippen molar-refractivity contribution in [2.75, 3.05) is 25.7 Å². The molecule has 1 saturated heterocycles. The van der Waals surface area contributed by atoms with Gasteiger partial charge in [-0.05, 0) is 25.2 Å². The average molecular weight is 326 g/mol. The Bertz CT molecular complexity index is 509. The molecule has 6 heteroatoms. The van der Waals surface area contributed by atoms with Gasteiger partial charge in [0.05, 0.1) is 6.04 Å². The van der Waals surface area contributed by atoms with Gasteiger partial charge in [-0.15, -0.1) is 0 Å². The van der Waals surface area contributed by atoms with E-state index >= 15 is 0 Å². The number of carbonyl (C=O) groups is 1. The van der Waals surface area contributed by atoms with Gasteiger partial charge >= 0.3 is 6.03 Å². The molecule has 2 rings (SSSR count). The highest BCUT2D eigenvalue weighted by atomic mass is 32.2. The SMILES string of the molecule is CO[C@H](c1ccccc1F)[C@H](C)NC(=O)N(C)[C@H]1CCSC1. The second-order valence-electron chi connectivity index (χ2n) is 5.54. The molecule has 1 N–H and O–H groups in total. The minimum absolute atomic E-state index is 0.140. The summed E-state index contributed by atoms with van der Waals surface area (Å²) in [4.78, 5) is 14.1. The lowest BCUT2D eigenvalue weighted by Crippen LogP contribution is -2.48. The molecule has 0 aromatic heterocycles. The van der Waals surface area contributed by atoms with E-state index in [0.717, 1.165) is 17.9 Å². The molecule has 3 atom stereocenters. The maximum atomic E-state index is 13.9. The summed E-state index contributed by atoms with van der Waals surface area (Å²) < 4.78 is 19.3. The van der Waals surface area contributed by atoms with Gasteiger partial charge in [-0.25, -0.2) is 9.18 Å². The van der Waals surface area contributed by atoms with Crippen LogP contribution in [0.2, 0.25) is 0 Å². The van der Waals surface area contributed by atoms with Crippen LogP contribution in [0.5, 0.6) is 0 Å². The Morgan fingerprint density at radius 2 is 2.23 bits per heavy atom. The normalized spacial score (nSPS) is 20.5. The molecule has 1 aromatic rings. The number of benzene rings is 1. The quantitative estimate of drug-likeness (QED) is 0.904. The van der Waals surface area contributed by atoms with Gasteiger partial charge in [-0.2, -0.15) is 11.8 Å². The van der Waals surface area contributed by atoms with Crippen molar-refractivity contribution in [3.05, 3.63) is 35.6 Å². The number of methoxy groups -OCH3 is 1. The number of halogens is 1. The van der Waals surface area contributed by atoms with Crippen LogP contribution >= 0.6 is 11.8 Å². The second-order valence-corrected chi connectivity index (χ2v) is 6.69. The first kappa shape index (κ1) is 17.1. The highest BCUT2D eigenvalue weighted by Crippen LogP contribution is 2.24. The largest absolute Gasteiger partial charge is 0.375 e. The highest BCUT2D eigenvalue weighted by Gasteiger charge is 2.28. The Balaban J connectivity index is 2.01. The fourth-order valence-corrected chi connectivity index (χ4v) is 3.94. The van der Waals surface area contributed by atoms with Crippen LogP contribution in [-0.4, -0.2) is 48.7 Å². The Hall–Kier alpha value is -1.27. The molecular formula is C16H23FN2O2S. The van der Waals surface area contributed by atoms with Crippen molar-refractivity contribution in [2.24, 2.45) is 0 Å². The lowest BCUT2D eigenvalue weighted by atomic mass is 10.0. The van der Waals surface area contributed by atoms with E-state index in [2.05, 4.69) is 5.32 Å². The summed E-state index contributed by atoms with van der Waals surface area (Å²) in [5.74, 6) is 1.74.